The summed E-state index contributed by atoms with van der Waals surface area (Å²) in [5, 5.41) is 5.67. The van der Waals surface area contributed by atoms with Gasteiger partial charge in [0.25, 0.3) is 5.91 Å². The Labute approximate surface area is 216 Å². The van der Waals surface area contributed by atoms with Crippen LogP contribution < -0.4 is 10.6 Å². The first-order valence-electron chi connectivity index (χ1n) is 11.8. The van der Waals surface area contributed by atoms with Crippen LogP contribution in [0, 0.1) is 11.6 Å². The van der Waals surface area contributed by atoms with Crippen LogP contribution in [0.5, 0.6) is 0 Å². The van der Waals surface area contributed by atoms with E-state index in [1.807, 2.05) is 0 Å². The number of hydrogen-bond donors (Lipinski definition) is 2. The highest BCUT2D eigenvalue weighted by Crippen LogP contribution is 2.30. The number of nitrogens with zero attached hydrogens (tertiary/aromatic N) is 3. The molecule has 12 heteroatoms. The number of amides is 2. The van der Waals surface area contributed by atoms with Gasteiger partial charge in [-0.05, 0) is 29.8 Å². The fourth-order valence-electron chi connectivity index (χ4n) is 4.39. The number of hydrogen-bond acceptors (Lipinski definition) is 8. The number of fused-ring (bicyclic) bond motifs is 1. The lowest BCUT2D eigenvalue weighted by Gasteiger charge is -2.33. The number of carbonyl (C=O) groups excluding carboxylic acids is 3. The average molecular weight is 523 g/mol. The summed E-state index contributed by atoms with van der Waals surface area (Å²) in [6, 6.07) is 9.47. The van der Waals surface area contributed by atoms with Gasteiger partial charge in [-0.2, -0.15) is 0 Å². The number of methoxy groups -OCH3 is 1. The van der Waals surface area contributed by atoms with Crippen molar-refractivity contribution in [1.29, 1.82) is 0 Å². The Balaban J connectivity index is 1.37. The van der Waals surface area contributed by atoms with E-state index < -0.39 is 29.6 Å². The van der Waals surface area contributed by atoms with Crippen LogP contribution in [0.25, 0.3) is 11.4 Å². The van der Waals surface area contributed by atoms with Crippen LogP contribution in [0.15, 0.2) is 42.5 Å². The summed E-state index contributed by atoms with van der Waals surface area (Å²) < 4.78 is 38.9. The van der Waals surface area contributed by atoms with Crippen molar-refractivity contribution in [2.45, 2.75) is 19.0 Å². The van der Waals surface area contributed by atoms with E-state index >= 15 is 0 Å². The van der Waals surface area contributed by atoms with E-state index in [9.17, 15) is 23.2 Å². The molecular formula is C26H23F2N5O5. The van der Waals surface area contributed by atoms with Crippen molar-refractivity contribution in [1.82, 2.24) is 20.2 Å². The number of halogens is 2. The summed E-state index contributed by atoms with van der Waals surface area (Å²) in [5.74, 6) is -2.92. The Morgan fingerprint density at radius 2 is 1.87 bits per heavy atom. The van der Waals surface area contributed by atoms with Crippen LogP contribution in [0.1, 0.15) is 21.6 Å². The molecule has 0 saturated carbocycles. The molecule has 2 aliphatic rings. The first-order chi connectivity index (χ1) is 18.4. The Morgan fingerprint density at radius 1 is 1.13 bits per heavy atom. The van der Waals surface area contributed by atoms with Gasteiger partial charge in [0.1, 0.15) is 23.0 Å². The Hall–Kier alpha value is -4.45. The van der Waals surface area contributed by atoms with Crippen molar-refractivity contribution < 1.29 is 32.6 Å². The van der Waals surface area contributed by atoms with Crippen molar-refractivity contribution in [2.75, 3.05) is 32.2 Å². The maximum atomic E-state index is 14.4. The smallest absolute Gasteiger partial charge is 0.331 e. The molecule has 2 amide bonds. The normalized spacial score (nSPS) is 16.6. The first kappa shape index (κ1) is 25.2. The fraction of sp³-hybridized carbons (Fsp3) is 0.269. The third-order valence-electron chi connectivity index (χ3n) is 6.31. The Bertz CT molecular complexity index is 1400. The summed E-state index contributed by atoms with van der Waals surface area (Å²) in [6.07, 6.45) is 0.0514. The lowest BCUT2D eigenvalue weighted by molar-refractivity contribution is -0.160. The molecule has 3 aromatic rings. The maximum absolute atomic E-state index is 14.4. The predicted molar refractivity (Wildman–Crippen MR) is 130 cm³/mol. The number of ether oxygens (including phenoxy) is 2. The average Bonchev–Trinajstić information content (AvgIpc) is 3.30. The van der Waals surface area contributed by atoms with E-state index in [0.29, 0.717) is 23.6 Å². The maximum Gasteiger partial charge on any atom is 0.331 e. The van der Waals surface area contributed by atoms with Crippen molar-refractivity contribution in [3.8, 4) is 11.4 Å². The number of rotatable bonds is 6. The Morgan fingerprint density at radius 3 is 2.58 bits per heavy atom. The number of anilines is 2. The fourth-order valence-corrected chi connectivity index (χ4v) is 4.39. The zero-order valence-corrected chi connectivity index (χ0v) is 20.3. The number of carbonyl (C=O) groups is 3. The Kier molecular flexibility index (Phi) is 6.97. The third-order valence-corrected chi connectivity index (χ3v) is 6.31. The molecule has 38 heavy (non-hydrogen) atoms. The second-order valence-electron chi connectivity index (χ2n) is 8.70. The van der Waals surface area contributed by atoms with Crippen molar-refractivity contribution >= 4 is 29.3 Å². The van der Waals surface area contributed by atoms with E-state index in [1.54, 1.807) is 24.3 Å². The second-order valence-corrected chi connectivity index (χ2v) is 8.70. The van der Waals surface area contributed by atoms with E-state index in [0.717, 1.165) is 12.1 Å². The highest BCUT2D eigenvalue weighted by molar-refractivity contribution is 6.03. The van der Waals surface area contributed by atoms with Crippen LogP contribution in [-0.4, -0.2) is 65.6 Å². The highest BCUT2D eigenvalue weighted by atomic mass is 19.1. The van der Waals surface area contributed by atoms with E-state index in [2.05, 4.69) is 20.6 Å². The molecule has 196 valence electrons. The van der Waals surface area contributed by atoms with Gasteiger partial charge in [0.05, 0.1) is 44.5 Å². The zero-order valence-electron chi connectivity index (χ0n) is 20.3. The third kappa shape index (κ3) is 4.90. The number of esters is 1. The largest absolute Gasteiger partial charge is 0.467 e. The number of aromatic nitrogens is 2. The lowest BCUT2D eigenvalue weighted by Crippen LogP contribution is -2.53. The van der Waals surface area contributed by atoms with Gasteiger partial charge >= 0.3 is 5.97 Å². The molecule has 1 aromatic heterocycles. The van der Waals surface area contributed by atoms with Crippen LogP contribution in [0.3, 0.4) is 0 Å². The molecule has 2 aromatic carbocycles. The lowest BCUT2D eigenvalue weighted by atomic mass is 10.1. The van der Waals surface area contributed by atoms with Crippen LogP contribution in [0.2, 0.25) is 0 Å². The summed E-state index contributed by atoms with van der Waals surface area (Å²) in [7, 11) is 1.26. The van der Waals surface area contributed by atoms with Gasteiger partial charge in [0, 0.05) is 12.2 Å². The van der Waals surface area contributed by atoms with Crippen molar-refractivity contribution in [2.24, 2.45) is 0 Å². The molecule has 0 spiro atoms. The SMILES string of the molecule is COC(=O)[C@H]1COCCN1C(=O)Cc1ccc(Nc2nc(-c3c(F)cccc3F)nc3c2C(=O)NC3)cc1. The van der Waals surface area contributed by atoms with E-state index in [-0.39, 0.29) is 54.8 Å². The minimum Gasteiger partial charge on any atom is -0.467 e. The summed E-state index contributed by atoms with van der Waals surface area (Å²) >= 11 is 0. The van der Waals surface area contributed by atoms with Crippen molar-refractivity contribution in [3.63, 3.8) is 0 Å². The molecule has 2 aliphatic heterocycles. The summed E-state index contributed by atoms with van der Waals surface area (Å²) in [5.41, 5.74) is 1.33. The molecule has 1 saturated heterocycles. The summed E-state index contributed by atoms with van der Waals surface area (Å²) in [6.45, 7) is 0.794. The van der Waals surface area contributed by atoms with Crippen molar-refractivity contribution in [3.05, 3.63) is 70.9 Å². The molecule has 1 atom stereocenters. The predicted octanol–water partition coefficient (Wildman–Crippen LogP) is 2.35. The van der Waals surface area contributed by atoms with E-state index in [1.165, 1.54) is 18.1 Å². The molecule has 0 unspecified atom stereocenters. The van der Waals surface area contributed by atoms with Gasteiger partial charge in [-0.15, -0.1) is 0 Å². The molecule has 0 aliphatic carbocycles. The molecule has 2 N–H and O–H groups in total. The zero-order chi connectivity index (χ0) is 26.8. The van der Waals surface area contributed by atoms with E-state index in [4.69, 9.17) is 9.47 Å². The van der Waals surface area contributed by atoms with Gasteiger partial charge in [-0.25, -0.2) is 23.5 Å². The molecule has 3 heterocycles. The number of morpholine rings is 1. The number of benzene rings is 2. The molecular weight excluding hydrogens is 500 g/mol. The van der Waals surface area contributed by atoms with Crippen LogP contribution in [-0.2, 0) is 32.0 Å². The molecule has 10 nitrogen and oxygen atoms in total. The first-order valence-corrected chi connectivity index (χ1v) is 11.8. The van der Waals surface area contributed by atoms with Gasteiger partial charge < -0.3 is 25.0 Å². The minimum atomic E-state index is -0.822. The van der Waals surface area contributed by atoms with Gasteiger partial charge in [0.15, 0.2) is 11.9 Å². The second kappa shape index (κ2) is 10.5. The van der Waals surface area contributed by atoms with Gasteiger partial charge in [-0.3, -0.25) is 9.59 Å². The molecule has 0 bridgehead atoms. The monoisotopic (exact) mass is 523 g/mol. The quantitative estimate of drug-likeness (QED) is 0.472. The molecule has 0 radical (unpaired) electrons. The summed E-state index contributed by atoms with van der Waals surface area (Å²) in [4.78, 5) is 47.3. The molecule has 5 rings (SSSR count). The highest BCUT2D eigenvalue weighted by Gasteiger charge is 2.33. The minimum absolute atomic E-state index is 0.0514. The van der Waals surface area contributed by atoms with Crippen LogP contribution in [0.4, 0.5) is 20.3 Å². The molecule has 1 fully saturated rings. The number of nitrogens with one attached hydrogen (secondary N) is 2. The standard InChI is InChI=1S/C26H23F2N5O5/c1-37-26(36)19-13-38-10-9-33(19)20(34)11-14-5-7-15(8-6-14)30-24-22-18(12-29-25(22)35)31-23(32-24)21-16(27)3-2-4-17(21)28/h2-8,19H,9-13H2,1H3,(H,29,35)(H,30,31,32)/t19-/m1/s1. The topological polar surface area (TPSA) is 123 Å². The van der Waals surface area contributed by atoms with Gasteiger partial charge in [-0.1, -0.05) is 18.2 Å². The van der Waals surface area contributed by atoms with Gasteiger partial charge in [0.2, 0.25) is 5.91 Å². The van der Waals surface area contributed by atoms with Crippen LogP contribution >= 0.6 is 0 Å².